The maximum absolute atomic E-state index is 12.0. The number of carbonyl (C=O) groups is 1. The number of benzene rings is 2. The standard InChI is InChI=1S/C21H27N3O3/c1-23-11-13-24(14-12-23)18-5-3-17(4-6-18)15-22-21(25)16-27-20-9-7-19(26-2)8-10-20/h3-10H,11-16H2,1-2H3,(H,22,25). The number of rotatable bonds is 7. The van der Waals surface area contributed by atoms with Gasteiger partial charge in [0.05, 0.1) is 7.11 Å². The number of nitrogens with zero attached hydrogens (tertiary/aromatic N) is 2. The minimum Gasteiger partial charge on any atom is -0.497 e. The van der Waals surface area contributed by atoms with E-state index in [0.29, 0.717) is 12.3 Å². The second kappa shape index (κ2) is 9.28. The molecular weight excluding hydrogens is 342 g/mol. The molecule has 6 heteroatoms. The van der Waals surface area contributed by atoms with Crippen LogP contribution in [0, 0.1) is 0 Å². The van der Waals surface area contributed by atoms with Crippen molar-refractivity contribution in [2.75, 3.05) is 51.8 Å². The fourth-order valence-corrected chi connectivity index (χ4v) is 2.96. The van der Waals surface area contributed by atoms with E-state index in [2.05, 4.69) is 46.4 Å². The van der Waals surface area contributed by atoms with Gasteiger partial charge >= 0.3 is 0 Å². The van der Waals surface area contributed by atoms with Crippen molar-refractivity contribution in [3.63, 3.8) is 0 Å². The van der Waals surface area contributed by atoms with Crippen molar-refractivity contribution in [3.05, 3.63) is 54.1 Å². The maximum Gasteiger partial charge on any atom is 0.258 e. The topological polar surface area (TPSA) is 54.0 Å². The van der Waals surface area contributed by atoms with Crippen molar-refractivity contribution in [1.82, 2.24) is 10.2 Å². The lowest BCUT2D eigenvalue weighted by atomic mass is 10.2. The molecule has 0 atom stereocenters. The Bertz CT molecular complexity index is 723. The van der Waals surface area contributed by atoms with Crippen LogP contribution < -0.4 is 19.7 Å². The van der Waals surface area contributed by atoms with Crippen LogP contribution in [0.2, 0.25) is 0 Å². The number of anilines is 1. The smallest absolute Gasteiger partial charge is 0.258 e. The molecular formula is C21H27N3O3. The number of likely N-dealkylation sites (N-methyl/N-ethyl adjacent to an activating group) is 1. The first kappa shape index (κ1) is 19.0. The average Bonchev–Trinajstić information content (AvgIpc) is 2.72. The highest BCUT2D eigenvalue weighted by atomic mass is 16.5. The summed E-state index contributed by atoms with van der Waals surface area (Å²) in [6.45, 7) is 4.77. The van der Waals surface area contributed by atoms with Gasteiger partial charge in [0.1, 0.15) is 11.5 Å². The Morgan fingerprint density at radius 1 is 0.963 bits per heavy atom. The summed E-state index contributed by atoms with van der Waals surface area (Å²) in [6.07, 6.45) is 0. The average molecular weight is 369 g/mol. The van der Waals surface area contributed by atoms with Crippen LogP contribution in [0.25, 0.3) is 0 Å². The Balaban J connectivity index is 1.41. The summed E-state index contributed by atoms with van der Waals surface area (Å²) < 4.78 is 10.6. The van der Waals surface area contributed by atoms with Crippen LogP contribution in [0.4, 0.5) is 5.69 Å². The fraction of sp³-hybridized carbons (Fsp3) is 0.381. The molecule has 27 heavy (non-hydrogen) atoms. The molecule has 0 aromatic heterocycles. The van der Waals surface area contributed by atoms with Gasteiger partial charge in [0.15, 0.2) is 6.61 Å². The quantitative estimate of drug-likeness (QED) is 0.810. The highest BCUT2D eigenvalue weighted by Crippen LogP contribution is 2.18. The summed E-state index contributed by atoms with van der Waals surface area (Å²) in [7, 11) is 3.77. The first-order chi connectivity index (χ1) is 13.1. The molecule has 2 aromatic rings. The third kappa shape index (κ3) is 5.62. The van der Waals surface area contributed by atoms with Gasteiger partial charge in [0, 0.05) is 38.4 Å². The van der Waals surface area contributed by atoms with Gasteiger partial charge < -0.3 is 24.6 Å². The van der Waals surface area contributed by atoms with Gasteiger partial charge in [0.2, 0.25) is 0 Å². The SMILES string of the molecule is COc1ccc(OCC(=O)NCc2ccc(N3CCN(C)CC3)cc2)cc1. The van der Waals surface area contributed by atoms with Crippen LogP contribution in [0.15, 0.2) is 48.5 Å². The van der Waals surface area contributed by atoms with E-state index in [1.165, 1.54) is 5.69 Å². The Morgan fingerprint density at radius 3 is 2.22 bits per heavy atom. The Labute approximate surface area is 160 Å². The monoisotopic (exact) mass is 369 g/mol. The van der Waals surface area contributed by atoms with Gasteiger partial charge in [-0.3, -0.25) is 4.79 Å². The number of piperazine rings is 1. The zero-order valence-electron chi connectivity index (χ0n) is 16.0. The summed E-state index contributed by atoms with van der Waals surface area (Å²) in [5.41, 5.74) is 2.31. The number of methoxy groups -OCH3 is 1. The van der Waals surface area contributed by atoms with Gasteiger partial charge in [-0.1, -0.05) is 12.1 Å². The van der Waals surface area contributed by atoms with Gasteiger partial charge in [-0.25, -0.2) is 0 Å². The second-order valence-corrected chi connectivity index (χ2v) is 6.70. The summed E-state index contributed by atoms with van der Waals surface area (Å²) in [6, 6.07) is 15.6. The zero-order chi connectivity index (χ0) is 19.1. The molecule has 1 amide bonds. The zero-order valence-corrected chi connectivity index (χ0v) is 16.0. The summed E-state index contributed by atoms with van der Waals surface area (Å²) >= 11 is 0. The first-order valence-corrected chi connectivity index (χ1v) is 9.20. The molecule has 0 spiro atoms. The third-order valence-electron chi connectivity index (χ3n) is 4.72. The van der Waals surface area contributed by atoms with E-state index < -0.39 is 0 Å². The molecule has 1 aliphatic heterocycles. The number of hydrogen-bond donors (Lipinski definition) is 1. The van der Waals surface area contributed by atoms with Crippen molar-refractivity contribution in [2.45, 2.75) is 6.54 Å². The van der Waals surface area contributed by atoms with Crippen LogP contribution in [0.3, 0.4) is 0 Å². The van der Waals surface area contributed by atoms with Gasteiger partial charge in [0.25, 0.3) is 5.91 Å². The Hall–Kier alpha value is -2.73. The molecule has 0 unspecified atom stereocenters. The normalized spacial score (nSPS) is 14.7. The number of nitrogens with one attached hydrogen (secondary N) is 1. The van der Waals surface area contributed by atoms with Gasteiger partial charge in [-0.2, -0.15) is 0 Å². The molecule has 1 heterocycles. The van der Waals surface area contributed by atoms with Crippen LogP contribution in [0.5, 0.6) is 11.5 Å². The van der Waals surface area contributed by atoms with Crippen molar-refractivity contribution < 1.29 is 14.3 Å². The lowest BCUT2D eigenvalue weighted by molar-refractivity contribution is -0.123. The fourth-order valence-electron chi connectivity index (χ4n) is 2.96. The van der Waals surface area contributed by atoms with Crippen molar-refractivity contribution in [1.29, 1.82) is 0 Å². The summed E-state index contributed by atoms with van der Waals surface area (Å²) in [4.78, 5) is 16.7. The van der Waals surface area contributed by atoms with Crippen molar-refractivity contribution >= 4 is 11.6 Å². The minimum atomic E-state index is -0.144. The van der Waals surface area contributed by atoms with Crippen LogP contribution in [0.1, 0.15) is 5.56 Å². The second-order valence-electron chi connectivity index (χ2n) is 6.70. The predicted octanol–water partition coefficient (Wildman–Crippen LogP) is 2.14. The molecule has 1 N–H and O–H groups in total. The molecule has 144 valence electrons. The van der Waals surface area contributed by atoms with Crippen LogP contribution >= 0.6 is 0 Å². The van der Waals surface area contributed by atoms with E-state index in [0.717, 1.165) is 37.5 Å². The highest BCUT2D eigenvalue weighted by Gasteiger charge is 2.14. The number of carbonyl (C=O) groups excluding carboxylic acids is 1. The molecule has 0 radical (unpaired) electrons. The number of hydrogen-bond acceptors (Lipinski definition) is 5. The minimum absolute atomic E-state index is 0.00823. The number of amides is 1. The van der Waals surface area contributed by atoms with Crippen LogP contribution in [-0.4, -0.2) is 57.8 Å². The Kier molecular flexibility index (Phi) is 6.54. The first-order valence-electron chi connectivity index (χ1n) is 9.20. The number of ether oxygens (including phenoxy) is 2. The molecule has 1 aliphatic rings. The lowest BCUT2D eigenvalue weighted by Gasteiger charge is -2.34. The predicted molar refractivity (Wildman–Crippen MR) is 106 cm³/mol. The van der Waals surface area contributed by atoms with E-state index in [-0.39, 0.29) is 12.5 Å². The molecule has 3 rings (SSSR count). The molecule has 6 nitrogen and oxygen atoms in total. The van der Waals surface area contributed by atoms with E-state index in [9.17, 15) is 4.79 Å². The highest BCUT2D eigenvalue weighted by molar-refractivity contribution is 5.77. The third-order valence-corrected chi connectivity index (χ3v) is 4.72. The largest absolute Gasteiger partial charge is 0.497 e. The molecule has 0 bridgehead atoms. The molecule has 2 aromatic carbocycles. The Morgan fingerprint density at radius 2 is 1.59 bits per heavy atom. The molecule has 1 fully saturated rings. The molecule has 0 aliphatic carbocycles. The van der Waals surface area contributed by atoms with Gasteiger partial charge in [-0.05, 0) is 49.0 Å². The molecule has 0 saturated carbocycles. The van der Waals surface area contributed by atoms with Crippen LogP contribution in [-0.2, 0) is 11.3 Å². The van der Waals surface area contributed by atoms with Crippen molar-refractivity contribution in [3.8, 4) is 11.5 Å². The van der Waals surface area contributed by atoms with Crippen molar-refractivity contribution in [2.24, 2.45) is 0 Å². The lowest BCUT2D eigenvalue weighted by Crippen LogP contribution is -2.44. The maximum atomic E-state index is 12.0. The van der Waals surface area contributed by atoms with E-state index in [1.54, 1.807) is 31.4 Å². The van der Waals surface area contributed by atoms with E-state index in [1.807, 2.05) is 0 Å². The molecule has 1 saturated heterocycles. The van der Waals surface area contributed by atoms with E-state index in [4.69, 9.17) is 9.47 Å². The summed E-state index contributed by atoms with van der Waals surface area (Å²) in [5.74, 6) is 1.25. The van der Waals surface area contributed by atoms with E-state index >= 15 is 0 Å². The van der Waals surface area contributed by atoms with Gasteiger partial charge in [-0.15, -0.1) is 0 Å². The summed E-state index contributed by atoms with van der Waals surface area (Å²) in [5, 5.41) is 2.89.